The van der Waals surface area contributed by atoms with Crippen molar-refractivity contribution in [1.29, 1.82) is 0 Å². The normalized spacial score (nSPS) is 11.3. The highest BCUT2D eigenvalue weighted by Gasteiger charge is 2.18. The third-order valence-electron chi connectivity index (χ3n) is 4.54. The number of primary amides is 1. The third kappa shape index (κ3) is 5.35. The number of rotatable bonds is 7. The first-order chi connectivity index (χ1) is 14.1. The Labute approximate surface area is 169 Å². The highest BCUT2D eigenvalue weighted by molar-refractivity contribution is 5.94. The van der Waals surface area contributed by atoms with Gasteiger partial charge in [-0.3, -0.25) is 4.79 Å². The van der Waals surface area contributed by atoms with Crippen LogP contribution in [0.25, 0.3) is 0 Å². The summed E-state index contributed by atoms with van der Waals surface area (Å²) in [4.78, 5) is 23.7. The van der Waals surface area contributed by atoms with Gasteiger partial charge < -0.3 is 21.1 Å². The van der Waals surface area contributed by atoms with E-state index in [1.807, 2.05) is 54.6 Å². The number of hydrogen-bond acceptors (Lipinski definition) is 3. The fourth-order valence-corrected chi connectivity index (χ4v) is 2.98. The van der Waals surface area contributed by atoms with E-state index in [9.17, 15) is 9.59 Å². The monoisotopic (exact) mass is 389 g/mol. The number of nitrogens with one attached hydrogen (secondary N) is 2. The molecule has 0 aliphatic heterocycles. The average Bonchev–Trinajstić information content (AvgIpc) is 2.77. The van der Waals surface area contributed by atoms with E-state index in [-0.39, 0.29) is 11.9 Å². The zero-order valence-corrected chi connectivity index (χ0v) is 16.1. The van der Waals surface area contributed by atoms with Crippen LogP contribution in [0.15, 0.2) is 78.9 Å². The molecule has 148 valence electrons. The molecule has 3 aromatic rings. The van der Waals surface area contributed by atoms with Gasteiger partial charge in [0.05, 0.1) is 13.2 Å². The number of carbonyl (C=O) groups excluding carboxylic acids is 2. The molecule has 0 aliphatic carbocycles. The lowest BCUT2D eigenvalue weighted by Crippen LogP contribution is -2.29. The molecule has 0 aromatic heterocycles. The first-order valence-corrected chi connectivity index (χ1v) is 9.19. The van der Waals surface area contributed by atoms with Crippen LogP contribution >= 0.6 is 0 Å². The van der Waals surface area contributed by atoms with E-state index in [0.717, 1.165) is 22.4 Å². The standard InChI is InChI=1S/C23H23N3O3/c1-29-20-13-11-18(12-14-20)21(17-5-3-2-4-6-17)26-22(27)19-9-7-16(8-10-19)15-25-23(24)28/h2-14,21H,15H2,1H3,(H,26,27)(H3,24,25,28). The molecule has 0 spiro atoms. The van der Waals surface area contributed by atoms with Gasteiger partial charge in [0.25, 0.3) is 5.91 Å². The zero-order chi connectivity index (χ0) is 20.6. The second-order valence-corrected chi connectivity index (χ2v) is 6.51. The predicted molar refractivity (Wildman–Crippen MR) is 112 cm³/mol. The molecule has 4 N–H and O–H groups in total. The van der Waals surface area contributed by atoms with Crippen molar-refractivity contribution >= 4 is 11.9 Å². The molecule has 6 heteroatoms. The molecule has 0 fully saturated rings. The fraction of sp³-hybridized carbons (Fsp3) is 0.130. The van der Waals surface area contributed by atoms with Gasteiger partial charge in [-0.1, -0.05) is 54.6 Å². The summed E-state index contributed by atoms with van der Waals surface area (Å²) in [6, 6.07) is 23.6. The molecule has 0 heterocycles. The molecule has 1 unspecified atom stereocenters. The van der Waals surface area contributed by atoms with Gasteiger partial charge in [0, 0.05) is 12.1 Å². The fourth-order valence-electron chi connectivity index (χ4n) is 2.98. The molecule has 3 rings (SSSR count). The lowest BCUT2D eigenvalue weighted by Gasteiger charge is -2.20. The van der Waals surface area contributed by atoms with Crippen LogP contribution in [0.1, 0.15) is 33.1 Å². The molecule has 1 atom stereocenters. The molecule has 0 saturated carbocycles. The summed E-state index contributed by atoms with van der Waals surface area (Å²) in [5.74, 6) is 0.566. The van der Waals surface area contributed by atoms with Gasteiger partial charge >= 0.3 is 6.03 Å². The van der Waals surface area contributed by atoms with Gasteiger partial charge in [-0.05, 0) is 41.0 Å². The van der Waals surface area contributed by atoms with E-state index in [0.29, 0.717) is 12.1 Å². The number of benzene rings is 3. The molecule has 3 aromatic carbocycles. The van der Waals surface area contributed by atoms with Crippen LogP contribution in [-0.2, 0) is 6.54 Å². The highest BCUT2D eigenvalue weighted by Crippen LogP contribution is 2.24. The Kier molecular flexibility index (Phi) is 6.47. The number of ether oxygens (including phenoxy) is 1. The lowest BCUT2D eigenvalue weighted by atomic mass is 9.98. The van der Waals surface area contributed by atoms with Crippen LogP contribution < -0.4 is 21.1 Å². The van der Waals surface area contributed by atoms with Gasteiger partial charge in [-0.2, -0.15) is 0 Å². The first-order valence-electron chi connectivity index (χ1n) is 9.19. The van der Waals surface area contributed by atoms with Crippen molar-refractivity contribution in [2.75, 3.05) is 7.11 Å². The number of nitrogens with two attached hydrogens (primary N) is 1. The van der Waals surface area contributed by atoms with Gasteiger partial charge in [0.15, 0.2) is 0 Å². The largest absolute Gasteiger partial charge is 0.497 e. The molecule has 0 radical (unpaired) electrons. The van der Waals surface area contributed by atoms with Crippen LogP contribution in [0.3, 0.4) is 0 Å². The van der Waals surface area contributed by atoms with Crippen LogP contribution in [0.5, 0.6) is 5.75 Å². The van der Waals surface area contributed by atoms with Gasteiger partial charge in [0.1, 0.15) is 5.75 Å². The lowest BCUT2D eigenvalue weighted by molar-refractivity contribution is 0.0943. The van der Waals surface area contributed by atoms with E-state index in [1.165, 1.54) is 0 Å². The maximum absolute atomic E-state index is 12.9. The van der Waals surface area contributed by atoms with Crippen molar-refractivity contribution in [2.24, 2.45) is 5.73 Å². The molecular weight excluding hydrogens is 366 g/mol. The molecule has 0 saturated heterocycles. The Morgan fingerprint density at radius 2 is 1.52 bits per heavy atom. The minimum Gasteiger partial charge on any atom is -0.497 e. The Bertz CT molecular complexity index is 955. The van der Waals surface area contributed by atoms with Crippen LogP contribution in [-0.4, -0.2) is 19.0 Å². The topological polar surface area (TPSA) is 93.4 Å². The van der Waals surface area contributed by atoms with Crippen molar-refractivity contribution in [3.63, 3.8) is 0 Å². The maximum Gasteiger partial charge on any atom is 0.312 e. The van der Waals surface area contributed by atoms with E-state index < -0.39 is 6.03 Å². The van der Waals surface area contributed by atoms with Gasteiger partial charge in [-0.15, -0.1) is 0 Å². The Hall–Kier alpha value is -3.80. The Morgan fingerprint density at radius 3 is 2.10 bits per heavy atom. The van der Waals surface area contributed by atoms with Crippen LogP contribution in [0, 0.1) is 0 Å². The second-order valence-electron chi connectivity index (χ2n) is 6.51. The molecular formula is C23H23N3O3. The number of amides is 3. The second kappa shape index (κ2) is 9.41. The first kappa shape index (κ1) is 19.9. The predicted octanol–water partition coefficient (Wildman–Crippen LogP) is 3.38. The van der Waals surface area contributed by atoms with Crippen molar-refractivity contribution in [2.45, 2.75) is 12.6 Å². The molecule has 6 nitrogen and oxygen atoms in total. The Balaban J connectivity index is 1.80. The maximum atomic E-state index is 12.9. The number of methoxy groups -OCH3 is 1. The summed E-state index contributed by atoms with van der Waals surface area (Å²) < 4.78 is 5.23. The smallest absolute Gasteiger partial charge is 0.312 e. The van der Waals surface area contributed by atoms with Gasteiger partial charge in [0.2, 0.25) is 0 Å². The SMILES string of the molecule is COc1ccc(C(NC(=O)c2ccc(CNC(N)=O)cc2)c2ccccc2)cc1. The minimum atomic E-state index is -0.586. The van der Waals surface area contributed by atoms with Gasteiger partial charge in [-0.25, -0.2) is 4.79 Å². The summed E-state index contributed by atoms with van der Waals surface area (Å²) in [5, 5.41) is 5.63. The molecule has 0 aliphatic rings. The highest BCUT2D eigenvalue weighted by atomic mass is 16.5. The van der Waals surface area contributed by atoms with E-state index in [2.05, 4.69) is 10.6 Å². The number of urea groups is 1. The third-order valence-corrected chi connectivity index (χ3v) is 4.54. The zero-order valence-electron chi connectivity index (χ0n) is 16.1. The summed E-state index contributed by atoms with van der Waals surface area (Å²) in [6.07, 6.45) is 0. The average molecular weight is 389 g/mol. The Morgan fingerprint density at radius 1 is 0.897 bits per heavy atom. The van der Waals surface area contributed by atoms with E-state index in [4.69, 9.17) is 10.5 Å². The minimum absolute atomic E-state index is 0.191. The van der Waals surface area contributed by atoms with E-state index >= 15 is 0 Å². The number of carbonyl (C=O) groups is 2. The summed E-state index contributed by atoms with van der Waals surface area (Å²) in [6.45, 7) is 0.315. The van der Waals surface area contributed by atoms with Crippen molar-refractivity contribution in [3.05, 3.63) is 101 Å². The van der Waals surface area contributed by atoms with E-state index in [1.54, 1.807) is 31.4 Å². The molecule has 29 heavy (non-hydrogen) atoms. The molecule has 0 bridgehead atoms. The summed E-state index contributed by atoms with van der Waals surface area (Å²) >= 11 is 0. The van der Waals surface area contributed by atoms with Crippen molar-refractivity contribution in [1.82, 2.24) is 10.6 Å². The number of hydrogen-bond donors (Lipinski definition) is 3. The molecule has 3 amide bonds. The summed E-state index contributed by atoms with van der Waals surface area (Å²) in [7, 11) is 1.62. The summed E-state index contributed by atoms with van der Waals surface area (Å²) in [5.41, 5.74) is 8.40. The van der Waals surface area contributed by atoms with Crippen molar-refractivity contribution in [3.8, 4) is 5.75 Å². The van der Waals surface area contributed by atoms with Crippen molar-refractivity contribution < 1.29 is 14.3 Å². The van der Waals surface area contributed by atoms with Crippen LogP contribution in [0.4, 0.5) is 4.79 Å². The van der Waals surface area contributed by atoms with Crippen LogP contribution in [0.2, 0.25) is 0 Å². The quantitative estimate of drug-likeness (QED) is 0.578.